The van der Waals surface area contributed by atoms with Crippen molar-refractivity contribution in [1.29, 1.82) is 0 Å². The van der Waals surface area contributed by atoms with E-state index in [1.54, 1.807) is 13.1 Å². The fraction of sp³-hybridized carbons (Fsp3) is 0.727. The average molecular weight is 372 g/mol. The van der Waals surface area contributed by atoms with Crippen molar-refractivity contribution >= 4 is 11.4 Å². The van der Waals surface area contributed by atoms with Crippen LogP contribution in [0.4, 0.5) is 15.8 Å². The molecule has 0 spiro atoms. The molecule has 1 aliphatic rings. The molecule has 1 aromatic carbocycles. The van der Waals surface area contributed by atoms with Gasteiger partial charge in [0.05, 0.1) is 5.69 Å². The molecule has 1 saturated heterocycles. The van der Waals surface area contributed by atoms with Crippen LogP contribution in [0, 0.1) is 5.82 Å². The van der Waals surface area contributed by atoms with Gasteiger partial charge in [-0.15, -0.1) is 0 Å². The Morgan fingerprint density at radius 3 is 1.81 bits per heavy atom. The minimum Gasteiger partial charge on any atom is -0.388 e. The number of nitrogens with zero attached hydrogens (tertiary/aromatic N) is 1. The van der Waals surface area contributed by atoms with E-state index < -0.39 is 0 Å². The zero-order valence-electron chi connectivity index (χ0n) is 18.0. The van der Waals surface area contributed by atoms with Crippen LogP contribution >= 0.6 is 0 Å². The number of rotatable bonds is 2. The summed E-state index contributed by atoms with van der Waals surface area (Å²) in [5.41, 5.74) is 1.51. The topological polar surface area (TPSA) is 27.3 Å². The predicted octanol–water partition coefficient (Wildman–Crippen LogP) is 6.55. The lowest BCUT2D eigenvalue weighted by Crippen LogP contribution is -2.54. The van der Waals surface area contributed by atoms with Gasteiger partial charge in [0.2, 0.25) is 0 Å². The maximum absolute atomic E-state index is 14.0. The first-order valence-corrected chi connectivity index (χ1v) is 9.91. The molecular formula is C22H46FN3. The summed E-state index contributed by atoms with van der Waals surface area (Å²) in [5, 5.41) is 6.39. The van der Waals surface area contributed by atoms with Crippen molar-refractivity contribution in [3.63, 3.8) is 0 Å². The summed E-state index contributed by atoms with van der Waals surface area (Å²) in [6.07, 6.45) is 2.50. The molecule has 0 saturated carbocycles. The second-order valence-electron chi connectivity index (χ2n) is 6.20. The molecule has 3 nitrogen and oxygen atoms in total. The van der Waals surface area contributed by atoms with E-state index in [4.69, 9.17) is 0 Å². The first-order valence-electron chi connectivity index (χ1n) is 9.91. The van der Waals surface area contributed by atoms with Crippen LogP contribution in [0.1, 0.15) is 75.7 Å². The van der Waals surface area contributed by atoms with Gasteiger partial charge in [-0.1, -0.05) is 61.8 Å². The van der Waals surface area contributed by atoms with E-state index >= 15 is 0 Å². The number of hydrogen-bond donors (Lipinski definition) is 2. The number of benzene rings is 1. The van der Waals surface area contributed by atoms with Gasteiger partial charge < -0.3 is 15.5 Å². The molecule has 1 aromatic rings. The predicted molar refractivity (Wildman–Crippen MR) is 120 cm³/mol. The molecule has 1 heterocycles. The van der Waals surface area contributed by atoms with Crippen molar-refractivity contribution in [2.75, 3.05) is 30.4 Å². The summed E-state index contributed by atoms with van der Waals surface area (Å²) in [6, 6.07) is 6.10. The lowest BCUT2D eigenvalue weighted by molar-refractivity contribution is 0.404. The number of anilines is 2. The minimum absolute atomic E-state index is 0. The zero-order valence-corrected chi connectivity index (χ0v) is 18.0. The third-order valence-electron chi connectivity index (χ3n) is 3.13. The van der Waals surface area contributed by atoms with Crippen LogP contribution in [-0.4, -0.2) is 32.2 Å². The Balaban J connectivity index is -0.000000510. The molecule has 0 aliphatic carbocycles. The molecule has 1 fully saturated rings. The maximum Gasteiger partial charge on any atom is 0.148 e. The quantitative estimate of drug-likeness (QED) is 0.617. The molecule has 0 aromatic heterocycles. The second-order valence-corrected chi connectivity index (χ2v) is 6.20. The highest BCUT2D eigenvalue weighted by Crippen LogP contribution is 2.24. The molecule has 2 unspecified atom stereocenters. The van der Waals surface area contributed by atoms with E-state index in [0.717, 1.165) is 18.8 Å². The average Bonchev–Trinajstić information content (AvgIpc) is 2.57. The zero-order chi connectivity index (χ0) is 19.8. The first-order chi connectivity index (χ1) is 11.9. The van der Waals surface area contributed by atoms with Crippen LogP contribution in [0.15, 0.2) is 18.2 Å². The van der Waals surface area contributed by atoms with Gasteiger partial charge in [-0.05, 0) is 32.0 Å². The molecule has 2 N–H and O–H groups in total. The van der Waals surface area contributed by atoms with Crippen LogP contribution in [0.25, 0.3) is 0 Å². The number of nitrogens with one attached hydrogen (secondary N) is 2. The summed E-state index contributed by atoms with van der Waals surface area (Å²) in [4.78, 5) is 2.11. The monoisotopic (exact) mass is 371 g/mol. The fourth-order valence-electron chi connectivity index (χ4n) is 2.44. The van der Waals surface area contributed by atoms with Crippen LogP contribution < -0.4 is 15.5 Å². The Hall–Kier alpha value is -1.29. The highest BCUT2D eigenvalue weighted by atomic mass is 19.1. The smallest absolute Gasteiger partial charge is 0.148 e. The molecular weight excluding hydrogens is 325 g/mol. The Bertz CT molecular complexity index is 412. The van der Waals surface area contributed by atoms with Crippen molar-refractivity contribution in [3.05, 3.63) is 24.0 Å². The third-order valence-corrected chi connectivity index (χ3v) is 3.13. The van der Waals surface area contributed by atoms with Crippen LogP contribution in [0.5, 0.6) is 0 Å². The Kier molecular flexibility index (Phi) is 21.0. The van der Waals surface area contributed by atoms with Crippen molar-refractivity contribution < 1.29 is 4.39 Å². The van der Waals surface area contributed by atoms with Gasteiger partial charge in [0, 0.05) is 37.9 Å². The summed E-state index contributed by atoms with van der Waals surface area (Å²) in [5.74, 6) is -0.154. The largest absolute Gasteiger partial charge is 0.388 e. The van der Waals surface area contributed by atoms with Crippen LogP contribution in [0.3, 0.4) is 0 Å². The fourth-order valence-corrected chi connectivity index (χ4v) is 2.44. The number of piperazine rings is 1. The highest BCUT2D eigenvalue weighted by Gasteiger charge is 2.22. The minimum atomic E-state index is -0.154. The van der Waals surface area contributed by atoms with Crippen molar-refractivity contribution in [3.8, 4) is 0 Å². The molecule has 4 heteroatoms. The van der Waals surface area contributed by atoms with E-state index in [1.165, 1.54) is 12.8 Å². The second kappa shape index (κ2) is 18.5. The maximum atomic E-state index is 14.0. The van der Waals surface area contributed by atoms with Crippen molar-refractivity contribution in [1.82, 2.24) is 5.32 Å². The lowest BCUT2D eigenvalue weighted by Gasteiger charge is -2.37. The molecule has 0 radical (unpaired) electrons. The summed E-state index contributed by atoms with van der Waals surface area (Å²) in [6.45, 7) is 18.4. The van der Waals surface area contributed by atoms with Gasteiger partial charge in [-0.3, -0.25) is 0 Å². The lowest BCUT2D eigenvalue weighted by atomic mass is 10.1. The Morgan fingerprint density at radius 1 is 1.04 bits per heavy atom. The van der Waals surface area contributed by atoms with Gasteiger partial charge in [0.15, 0.2) is 0 Å². The number of halogens is 1. The molecule has 156 valence electrons. The van der Waals surface area contributed by atoms with E-state index in [-0.39, 0.29) is 13.2 Å². The first kappa shape index (κ1) is 29.5. The van der Waals surface area contributed by atoms with Gasteiger partial charge in [0.1, 0.15) is 5.82 Å². The van der Waals surface area contributed by atoms with Gasteiger partial charge in [-0.25, -0.2) is 4.39 Å². The SMILES string of the molecule is C.CC.CCC.CCC.CNc1ccc(N2CC(C)NC(C)C2)c(F)c1. The van der Waals surface area contributed by atoms with Gasteiger partial charge in [0.25, 0.3) is 0 Å². The summed E-state index contributed by atoms with van der Waals surface area (Å²) >= 11 is 0. The molecule has 2 atom stereocenters. The normalized spacial score (nSPS) is 17.8. The standard InChI is InChI=1S/C13H20FN3.2C3H8.C2H6.CH4/c1-9-7-17(8-10(2)16-9)13-5-4-11(15-3)6-12(13)14;2*1-3-2;1-2;/h4-6,9-10,15-16H,7-8H2,1-3H3;2*3H2,1-2H3;1-2H3;1H4. The summed E-state index contributed by atoms with van der Waals surface area (Å²) in [7, 11) is 1.80. The molecule has 0 amide bonds. The van der Waals surface area contributed by atoms with Crippen molar-refractivity contribution in [2.45, 2.75) is 87.7 Å². The molecule has 1 aliphatic heterocycles. The van der Waals surface area contributed by atoms with E-state index in [1.807, 2.05) is 26.0 Å². The number of hydrogen-bond acceptors (Lipinski definition) is 3. The van der Waals surface area contributed by atoms with Crippen LogP contribution in [0.2, 0.25) is 0 Å². The van der Waals surface area contributed by atoms with Gasteiger partial charge in [-0.2, -0.15) is 0 Å². The van der Waals surface area contributed by atoms with Crippen molar-refractivity contribution in [2.24, 2.45) is 0 Å². The highest BCUT2D eigenvalue weighted by molar-refractivity contribution is 5.56. The van der Waals surface area contributed by atoms with E-state index in [2.05, 4.69) is 57.1 Å². The van der Waals surface area contributed by atoms with E-state index in [0.29, 0.717) is 17.8 Å². The van der Waals surface area contributed by atoms with E-state index in [9.17, 15) is 4.39 Å². The third kappa shape index (κ3) is 12.1. The molecule has 0 bridgehead atoms. The molecule has 2 rings (SSSR count). The molecule has 26 heavy (non-hydrogen) atoms. The Morgan fingerprint density at radius 2 is 1.46 bits per heavy atom. The van der Waals surface area contributed by atoms with Gasteiger partial charge >= 0.3 is 0 Å². The van der Waals surface area contributed by atoms with Crippen LogP contribution in [-0.2, 0) is 0 Å². The summed E-state index contributed by atoms with van der Waals surface area (Å²) < 4.78 is 14.0. The Labute approximate surface area is 163 Å².